The Labute approximate surface area is 176 Å². The number of hydrogen-bond donors (Lipinski definition) is 2. The van der Waals surface area contributed by atoms with Gasteiger partial charge in [0.2, 0.25) is 0 Å². The molecule has 0 saturated carbocycles. The summed E-state index contributed by atoms with van der Waals surface area (Å²) in [5.74, 6) is 0.101. The smallest absolute Gasteiger partial charge is 0.411 e. The van der Waals surface area contributed by atoms with E-state index >= 15 is 0 Å². The van der Waals surface area contributed by atoms with Crippen molar-refractivity contribution in [1.82, 2.24) is 20.0 Å². The Hall–Kier alpha value is -2.91. The number of aromatic nitrogens is 2. The van der Waals surface area contributed by atoms with E-state index in [9.17, 15) is 9.59 Å². The molecule has 2 N–H and O–H groups in total. The number of ether oxygens (including phenoxy) is 2. The van der Waals surface area contributed by atoms with Crippen molar-refractivity contribution in [2.45, 2.75) is 32.0 Å². The number of nitrogens with zero attached hydrogens (tertiary/aromatic N) is 3. The van der Waals surface area contributed by atoms with Crippen molar-refractivity contribution in [2.24, 2.45) is 0 Å². The van der Waals surface area contributed by atoms with Gasteiger partial charge in [0.1, 0.15) is 12.7 Å². The second-order valence-electron chi connectivity index (χ2n) is 8.10. The number of likely N-dealkylation sites (N-methyl/N-ethyl adjacent to an activating group) is 1. The number of rotatable bonds is 7. The van der Waals surface area contributed by atoms with Crippen molar-refractivity contribution in [3.8, 4) is 0 Å². The van der Waals surface area contributed by atoms with Crippen molar-refractivity contribution in [2.75, 3.05) is 39.7 Å². The summed E-state index contributed by atoms with van der Waals surface area (Å²) in [4.78, 5) is 28.7. The number of anilines is 1. The summed E-state index contributed by atoms with van der Waals surface area (Å²) >= 11 is 0. The van der Waals surface area contributed by atoms with Crippen molar-refractivity contribution < 1.29 is 19.1 Å². The maximum absolute atomic E-state index is 13.2. The van der Waals surface area contributed by atoms with E-state index in [0.717, 1.165) is 16.8 Å². The zero-order valence-electron chi connectivity index (χ0n) is 18.1. The Morgan fingerprint density at radius 3 is 2.63 bits per heavy atom. The predicted octanol–water partition coefficient (Wildman–Crippen LogP) is 2.48. The summed E-state index contributed by atoms with van der Waals surface area (Å²) in [7, 11) is 5.33. The van der Waals surface area contributed by atoms with Gasteiger partial charge in [-0.2, -0.15) is 5.10 Å². The van der Waals surface area contributed by atoms with Crippen molar-refractivity contribution >= 4 is 17.8 Å². The summed E-state index contributed by atoms with van der Waals surface area (Å²) < 4.78 is 10.8. The van der Waals surface area contributed by atoms with Gasteiger partial charge in [-0.3, -0.25) is 14.8 Å². The average Bonchev–Trinajstić information content (AvgIpc) is 3.20. The van der Waals surface area contributed by atoms with Crippen LogP contribution < -0.4 is 5.32 Å². The molecule has 0 saturated heterocycles. The maximum Gasteiger partial charge on any atom is 0.411 e. The number of H-pyrrole nitrogens is 1. The van der Waals surface area contributed by atoms with Crippen molar-refractivity contribution in [3.63, 3.8) is 0 Å². The van der Waals surface area contributed by atoms with Gasteiger partial charge in [0.25, 0.3) is 5.91 Å². The molecule has 1 aromatic carbocycles. The summed E-state index contributed by atoms with van der Waals surface area (Å²) in [6.07, 6.45) is -0.822. The lowest BCUT2D eigenvalue weighted by molar-refractivity contribution is -0.119. The van der Waals surface area contributed by atoms with Gasteiger partial charge < -0.3 is 19.7 Å². The highest BCUT2D eigenvalue weighted by Crippen LogP contribution is 2.41. The second kappa shape index (κ2) is 8.85. The first kappa shape index (κ1) is 21.8. The number of nitrogens with one attached hydrogen (secondary N) is 2. The van der Waals surface area contributed by atoms with Crippen LogP contribution in [0.15, 0.2) is 30.3 Å². The third-order valence-electron chi connectivity index (χ3n) is 5.17. The molecule has 9 nitrogen and oxygen atoms in total. The van der Waals surface area contributed by atoms with Crippen LogP contribution in [-0.2, 0) is 26.4 Å². The topological polar surface area (TPSA) is 99.8 Å². The zero-order valence-corrected chi connectivity index (χ0v) is 18.1. The molecule has 162 valence electrons. The first-order chi connectivity index (χ1) is 14.2. The van der Waals surface area contributed by atoms with E-state index in [0.29, 0.717) is 12.4 Å². The van der Waals surface area contributed by atoms with Gasteiger partial charge in [-0.1, -0.05) is 30.3 Å². The van der Waals surface area contributed by atoms with Gasteiger partial charge in [0.15, 0.2) is 5.82 Å². The quantitative estimate of drug-likeness (QED) is 0.721. The van der Waals surface area contributed by atoms with E-state index in [1.54, 1.807) is 4.90 Å². The standard InChI is InChI=1S/C21H29N5O4/c1-21(2)18-15(19(24-23-18)22-17(27)13-29-5)11-26(21)20(28)30-16(12-25(3)4)14-9-7-6-8-10-14/h6-10,16H,11-13H2,1-5H3,(H2,22,23,24,27)/t16-/m1/s1. The molecule has 2 aromatic rings. The second-order valence-corrected chi connectivity index (χ2v) is 8.10. The Bertz CT molecular complexity index is 894. The molecule has 30 heavy (non-hydrogen) atoms. The molecule has 9 heteroatoms. The molecule has 1 aliphatic heterocycles. The average molecular weight is 415 g/mol. The summed E-state index contributed by atoms with van der Waals surface area (Å²) in [6, 6.07) is 9.69. The fourth-order valence-corrected chi connectivity index (χ4v) is 3.61. The molecule has 0 aliphatic carbocycles. The van der Waals surface area contributed by atoms with Crippen LogP contribution in [0.1, 0.15) is 36.8 Å². The number of carbonyl (C=O) groups is 2. The van der Waals surface area contributed by atoms with Gasteiger partial charge in [0, 0.05) is 19.2 Å². The van der Waals surface area contributed by atoms with Gasteiger partial charge in [-0.15, -0.1) is 0 Å². The fourth-order valence-electron chi connectivity index (χ4n) is 3.61. The molecule has 0 radical (unpaired) electrons. The molecule has 1 aliphatic rings. The Balaban J connectivity index is 1.78. The Kier molecular flexibility index (Phi) is 6.42. The van der Waals surface area contributed by atoms with Gasteiger partial charge >= 0.3 is 6.09 Å². The van der Waals surface area contributed by atoms with Gasteiger partial charge in [-0.25, -0.2) is 4.79 Å². The lowest BCUT2D eigenvalue weighted by Gasteiger charge is -2.33. The van der Waals surface area contributed by atoms with Crippen molar-refractivity contribution in [1.29, 1.82) is 0 Å². The lowest BCUT2D eigenvalue weighted by atomic mass is 10.0. The fraction of sp³-hybridized carbons (Fsp3) is 0.476. The monoisotopic (exact) mass is 415 g/mol. The van der Waals surface area contributed by atoms with Crippen LogP contribution in [0.4, 0.5) is 10.6 Å². The molecular weight excluding hydrogens is 386 g/mol. The van der Waals surface area contributed by atoms with Crippen LogP contribution in [0.3, 0.4) is 0 Å². The van der Waals surface area contributed by atoms with Crippen LogP contribution in [-0.4, -0.2) is 66.4 Å². The highest BCUT2D eigenvalue weighted by Gasteiger charge is 2.45. The molecule has 2 amide bonds. The first-order valence-corrected chi connectivity index (χ1v) is 9.78. The molecule has 1 aromatic heterocycles. The van der Waals surface area contributed by atoms with Crippen LogP contribution in [0.5, 0.6) is 0 Å². The summed E-state index contributed by atoms with van der Waals surface area (Å²) in [6.45, 7) is 4.62. The minimum Gasteiger partial charge on any atom is -0.440 e. The molecule has 1 atom stereocenters. The third-order valence-corrected chi connectivity index (χ3v) is 5.17. The normalized spacial score (nSPS) is 15.7. The molecule has 3 rings (SSSR count). The van der Waals surface area contributed by atoms with Crippen LogP contribution in [0, 0.1) is 0 Å². The number of aromatic amines is 1. The molecule has 0 bridgehead atoms. The molecular formula is C21H29N5O4. The maximum atomic E-state index is 13.2. The third kappa shape index (κ3) is 4.47. The predicted molar refractivity (Wildman–Crippen MR) is 112 cm³/mol. The molecule has 2 heterocycles. The largest absolute Gasteiger partial charge is 0.440 e. The Morgan fingerprint density at radius 1 is 1.30 bits per heavy atom. The minimum absolute atomic E-state index is 0.0694. The number of methoxy groups -OCH3 is 1. The number of fused-ring (bicyclic) bond motifs is 1. The number of hydrogen-bond acceptors (Lipinski definition) is 6. The van der Waals surface area contributed by atoms with Gasteiger partial charge in [0.05, 0.1) is 17.8 Å². The van der Waals surface area contributed by atoms with Gasteiger partial charge in [-0.05, 0) is 33.5 Å². The van der Waals surface area contributed by atoms with Crippen molar-refractivity contribution in [3.05, 3.63) is 47.2 Å². The first-order valence-electron chi connectivity index (χ1n) is 9.78. The molecule has 0 fully saturated rings. The van der Waals surface area contributed by atoms with E-state index in [4.69, 9.17) is 9.47 Å². The van der Waals surface area contributed by atoms with E-state index in [1.165, 1.54) is 7.11 Å². The summed E-state index contributed by atoms with van der Waals surface area (Å²) in [5.41, 5.74) is 1.81. The van der Waals surface area contributed by atoms with E-state index in [1.807, 2.05) is 63.2 Å². The van der Waals surface area contributed by atoms with E-state index < -0.39 is 17.7 Å². The number of amides is 2. The highest BCUT2D eigenvalue weighted by atomic mass is 16.6. The highest BCUT2D eigenvalue weighted by molar-refractivity contribution is 5.91. The van der Waals surface area contributed by atoms with Crippen LogP contribution in [0.2, 0.25) is 0 Å². The van der Waals surface area contributed by atoms with Crippen LogP contribution in [0.25, 0.3) is 0 Å². The van der Waals surface area contributed by atoms with Crippen LogP contribution >= 0.6 is 0 Å². The van der Waals surface area contributed by atoms with E-state index in [2.05, 4.69) is 15.5 Å². The summed E-state index contributed by atoms with van der Waals surface area (Å²) in [5, 5.41) is 9.88. The number of carbonyl (C=O) groups excluding carboxylic acids is 2. The Morgan fingerprint density at radius 2 is 2.00 bits per heavy atom. The minimum atomic E-state index is -0.664. The lowest BCUT2D eigenvalue weighted by Crippen LogP contribution is -2.42. The van der Waals surface area contributed by atoms with E-state index in [-0.39, 0.29) is 19.1 Å². The zero-order chi connectivity index (χ0) is 21.9. The molecule has 0 unspecified atom stereocenters. The number of benzene rings is 1. The molecule has 0 spiro atoms. The SMILES string of the molecule is COCC(=O)Nc1n[nH]c2c1CN(C(=O)O[C@H](CN(C)C)c1ccccc1)C2(C)C.